The van der Waals surface area contributed by atoms with Crippen LogP contribution in [0.1, 0.15) is 36.5 Å². The number of rotatable bonds is 4. The second-order valence-corrected chi connectivity index (χ2v) is 10.1. The molecule has 0 bridgehead atoms. The van der Waals surface area contributed by atoms with Gasteiger partial charge in [0, 0.05) is 18.3 Å². The Hall–Kier alpha value is -0.280. The summed E-state index contributed by atoms with van der Waals surface area (Å²) in [6.45, 7) is 3.37. The molecule has 22 heavy (non-hydrogen) atoms. The Bertz CT molecular complexity index is 645. The number of hydrogen-bond acceptors (Lipinski definition) is 5. The highest BCUT2D eigenvalue weighted by Gasteiger charge is 2.29. The molecule has 0 aliphatic carbocycles. The van der Waals surface area contributed by atoms with E-state index in [0.717, 1.165) is 36.4 Å². The number of carbonyl (C=O) groups excluding carboxylic acids is 1. The molecule has 1 fully saturated rings. The fraction of sp³-hybridized carbons (Fsp3) is 0.615. The van der Waals surface area contributed by atoms with Crippen LogP contribution in [0.5, 0.6) is 0 Å². The second-order valence-electron chi connectivity index (χ2n) is 5.12. The van der Waals surface area contributed by atoms with E-state index in [4.69, 9.17) is 16.7 Å². The molecular formula is C13H19ClN2O3S3. The van der Waals surface area contributed by atoms with E-state index in [1.54, 1.807) is 4.90 Å². The van der Waals surface area contributed by atoms with E-state index in [-0.39, 0.29) is 20.0 Å². The third kappa shape index (κ3) is 4.38. The van der Waals surface area contributed by atoms with Crippen molar-refractivity contribution in [2.24, 2.45) is 5.14 Å². The molecule has 0 spiro atoms. The molecule has 2 heterocycles. The Kier molecular flexibility index (Phi) is 6.18. The van der Waals surface area contributed by atoms with Gasteiger partial charge in [-0.2, -0.15) is 11.8 Å². The van der Waals surface area contributed by atoms with Crippen LogP contribution in [0.2, 0.25) is 4.34 Å². The molecule has 1 saturated heterocycles. The highest BCUT2D eigenvalue weighted by molar-refractivity contribution is 7.99. The summed E-state index contributed by atoms with van der Waals surface area (Å²) in [5, 5.41) is 5.59. The van der Waals surface area contributed by atoms with Crippen molar-refractivity contribution in [2.45, 2.75) is 35.6 Å². The first kappa shape index (κ1) is 18.1. The quantitative estimate of drug-likeness (QED) is 0.868. The number of thiophene rings is 1. The van der Waals surface area contributed by atoms with Gasteiger partial charge in [-0.3, -0.25) is 4.79 Å². The maximum atomic E-state index is 12.7. The van der Waals surface area contributed by atoms with Gasteiger partial charge in [0.05, 0.1) is 9.90 Å². The van der Waals surface area contributed by atoms with E-state index in [0.29, 0.717) is 18.3 Å². The number of carbonyl (C=O) groups is 1. The second kappa shape index (κ2) is 7.53. The van der Waals surface area contributed by atoms with E-state index in [2.05, 4.69) is 6.92 Å². The topological polar surface area (TPSA) is 80.5 Å². The van der Waals surface area contributed by atoms with E-state index in [1.165, 1.54) is 6.07 Å². The molecule has 2 rings (SSSR count). The number of sulfonamides is 1. The van der Waals surface area contributed by atoms with E-state index < -0.39 is 10.0 Å². The smallest absolute Gasteiger partial charge is 0.256 e. The monoisotopic (exact) mass is 382 g/mol. The number of nitrogens with two attached hydrogens (primary N) is 1. The first-order chi connectivity index (χ1) is 10.3. The largest absolute Gasteiger partial charge is 0.337 e. The Morgan fingerprint density at radius 2 is 2.27 bits per heavy atom. The zero-order chi connectivity index (χ0) is 16.3. The van der Waals surface area contributed by atoms with Crippen molar-refractivity contribution >= 4 is 50.6 Å². The number of halogens is 1. The van der Waals surface area contributed by atoms with Crippen molar-refractivity contribution in [3.63, 3.8) is 0 Å². The number of thioether (sulfide) groups is 1. The van der Waals surface area contributed by atoms with Crippen molar-refractivity contribution < 1.29 is 13.2 Å². The lowest BCUT2D eigenvalue weighted by molar-refractivity contribution is 0.0760. The van der Waals surface area contributed by atoms with E-state index in [9.17, 15) is 13.2 Å². The summed E-state index contributed by atoms with van der Waals surface area (Å²) in [5.74, 6) is 0.704. The van der Waals surface area contributed by atoms with Gasteiger partial charge in [-0.1, -0.05) is 24.9 Å². The molecule has 9 heteroatoms. The summed E-state index contributed by atoms with van der Waals surface area (Å²) in [6.07, 6.45) is 3.08. The first-order valence-corrected chi connectivity index (χ1v) is 10.8. The Morgan fingerprint density at radius 1 is 1.55 bits per heavy atom. The molecule has 2 N–H and O–H groups in total. The fourth-order valence-electron chi connectivity index (χ4n) is 2.54. The highest BCUT2D eigenvalue weighted by atomic mass is 35.5. The van der Waals surface area contributed by atoms with Crippen molar-refractivity contribution in [2.75, 3.05) is 18.8 Å². The summed E-state index contributed by atoms with van der Waals surface area (Å²) >= 11 is 8.56. The molecule has 1 aliphatic heterocycles. The maximum absolute atomic E-state index is 12.7. The normalized spacial score (nSPS) is 20.0. The van der Waals surface area contributed by atoms with Gasteiger partial charge in [0.2, 0.25) is 10.0 Å². The average Bonchev–Trinajstić information content (AvgIpc) is 2.68. The number of amides is 1. The van der Waals surface area contributed by atoms with Gasteiger partial charge in [0.25, 0.3) is 5.91 Å². The van der Waals surface area contributed by atoms with Crippen LogP contribution in [-0.4, -0.2) is 43.3 Å². The SMILES string of the molecule is CCSC1CCCCN(C(=O)c2cc(Cl)sc2S(N)(=O)=O)C1. The standard InChI is InChI=1S/C13H19ClN2O3S3/c1-2-20-9-5-3-4-6-16(8-9)12(17)10-7-11(14)21-13(10)22(15,18)19/h7,9H,2-6,8H2,1H3,(H2,15,18,19). The molecule has 1 amide bonds. The van der Waals surface area contributed by atoms with Gasteiger partial charge < -0.3 is 4.90 Å². The molecule has 0 radical (unpaired) electrons. The summed E-state index contributed by atoms with van der Waals surface area (Å²) in [6, 6.07) is 1.40. The average molecular weight is 383 g/mol. The van der Waals surface area contributed by atoms with Gasteiger partial charge in [0.1, 0.15) is 4.21 Å². The van der Waals surface area contributed by atoms with Gasteiger partial charge in [-0.15, -0.1) is 11.3 Å². The zero-order valence-electron chi connectivity index (χ0n) is 12.2. The van der Waals surface area contributed by atoms with Crippen LogP contribution in [0.4, 0.5) is 0 Å². The van der Waals surface area contributed by atoms with Crippen molar-refractivity contribution in [3.05, 3.63) is 16.0 Å². The van der Waals surface area contributed by atoms with Gasteiger partial charge >= 0.3 is 0 Å². The lowest BCUT2D eigenvalue weighted by Gasteiger charge is -2.24. The minimum atomic E-state index is -3.95. The molecular weight excluding hydrogens is 364 g/mol. The Labute approximate surface area is 144 Å². The molecule has 1 aromatic heterocycles. The predicted molar refractivity (Wildman–Crippen MR) is 92.4 cm³/mol. The van der Waals surface area contributed by atoms with Gasteiger partial charge in [0.15, 0.2) is 0 Å². The molecule has 1 aliphatic rings. The summed E-state index contributed by atoms with van der Waals surface area (Å²) < 4.78 is 23.4. The molecule has 124 valence electrons. The van der Waals surface area contributed by atoms with Gasteiger partial charge in [-0.05, 0) is 24.7 Å². The summed E-state index contributed by atoms with van der Waals surface area (Å²) in [5.41, 5.74) is 0.0969. The van der Waals surface area contributed by atoms with E-state index in [1.807, 2.05) is 11.8 Å². The van der Waals surface area contributed by atoms with Crippen LogP contribution in [0, 0.1) is 0 Å². The fourth-order valence-corrected chi connectivity index (χ4v) is 5.90. The third-order valence-electron chi connectivity index (χ3n) is 3.47. The highest BCUT2D eigenvalue weighted by Crippen LogP contribution is 2.32. The lowest BCUT2D eigenvalue weighted by atomic mass is 10.2. The Morgan fingerprint density at radius 3 is 2.91 bits per heavy atom. The molecule has 5 nitrogen and oxygen atoms in total. The lowest BCUT2D eigenvalue weighted by Crippen LogP contribution is -2.36. The number of likely N-dealkylation sites (tertiary alicyclic amines) is 1. The van der Waals surface area contributed by atoms with Crippen LogP contribution in [0.3, 0.4) is 0 Å². The number of primary sulfonamides is 1. The van der Waals surface area contributed by atoms with Crippen LogP contribution in [0.25, 0.3) is 0 Å². The molecule has 0 saturated carbocycles. The minimum Gasteiger partial charge on any atom is -0.337 e. The molecule has 1 atom stereocenters. The molecule has 0 aromatic carbocycles. The maximum Gasteiger partial charge on any atom is 0.256 e. The van der Waals surface area contributed by atoms with Crippen molar-refractivity contribution in [3.8, 4) is 0 Å². The van der Waals surface area contributed by atoms with Gasteiger partial charge in [-0.25, -0.2) is 13.6 Å². The molecule has 1 aromatic rings. The summed E-state index contributed by atoms with van der Waals surface area (Å²) in [7, 11) is -3.95. The van der Waals surface area contributed by atoms with Crippen LogP contribution < -0.4 is 5.14 Å². The van der Waals surface area contributed by atoms with Crippen LogP contribution >= 0.6 is 34.7 Å². The summed E-state index contributed by atoms with van der Waals surface area (Å²) in [4.78, 5) is 14.5. The Balaban J connectivity index is 2.27. The van der Waals surface area contributed by atoms with Crippen LogP contribution in [0.15, 0.2) is 10.3 Å². The number of nitrogens with zero attached hydrogens (tertiary/aromatic N) is 1. The van der Waals surface area contributed by atoms with Crippen molar-refractivity contribution in [1.29, 1.82) is 0 Å². The molecule has 1 unspecified atom stereocenters. The number of hydrogen-bond donors (Lipinski definition) is 1. The minimum absolute atomic E-state index is 0.0969. The third-order valence-corrected chi connectivity index (χ3v) is 7.41. The van der Waals surface area contributed by atoms with E-state index >= 15 is 0 Å². The van der Waals surface area contributed by atoms with Crippen LogP contribution in [-0.2, 0) is 10.0 Å². The van der Waals surface area contributed by atoms with Crippen molar-refractivity contribution in [1.82, 2.24) is 4.90 Å². The first-order valence-electron chi connectivity index (χ1n) is 7.06. The zero-order valence-corrected chi connectivity index (χ0v) is 15.5. The predicted octanol–water partition coefficient (Wildman–Crippen LogP) is 2.80.